The Kier molecular flexibility index (Phi) is 5.11. The van der Waals surface area contributed by atoms with Crippen molar-refractivity contribution in [2.45, 2.75) is 27.2 Å². The SMILES string of the molecule is CCC#CN(CC)CC. The van der Waals surface area contributed by atoms with Crippen LogP contribution in [0.15, 0.2) is 0 Å². The third kappa shape index (κ3) is 3.90. The van der Waals surface area contributed by atoms with Gasteiger partial charge < -0.3 is 4.90 Å². The zero-order valence-electron chi connectivity index (χ0n) is 6.57. The van der Waals surface area contributed by atoms with Gasteiger partial charge in [0, 0.05) is 25.6 Å². The Balaban J connectivity index is 3.54. The molecule has 0 atom stereocenters. The van der Waals surface area contributed by atoms with Gasteiger partial charge in [-0.3, -0.25) is 0 Å². The molecule has 0 aliphatic carbocycles. The lowest BCUT2D eigenvalue weighted by molar-refractivity contribution is 0.443. The summed E-state index contributed by atoms with van der Waals surface area (Å²) in [5.41, 5.74) is 0. The van der Waals surface area contributed by atoms with E-state index >= 15 is 0 Å². The van der Waals surface area contributed by atoms with E-state index in [0.717, 1.165) is 19.5 Å². The fourth-order valence-corrected chi connectivity index (χ4v) is 0.573. The summed E-state index contributed by atoms with van der Waals surface area (Å²) < 4.78 is 0. The van der Waals surface area contributed by atoms with E-state index in [1.165, 1.54) is 0 Å². The van der Waals surface area contributed by atoms with Crippen LogP contribution in [-0.2, 0) is 0 Å². The van der Waals surface area contributed by atoms with E-state index in [-0.39, 0.29) is 0 Å². The van der Waals surface area contributed by atoms with Crippen molar-refractivity contribution in [2.24, 2.45) is 0 Å². The van der Waals surface area contributed by atoms with Crippen LogP contribution in [0, 0.1) is 12.0 Å². The molecule has 0 bridgehead atoms. The Morgan fingerprint density at radius 3 is 2.00 bits per heavy atom. The van der Waals surface area contributed by atoms with Crippen LogP contribution in [0.5, 0.6) is 0 Å². The first-order chi connectivity index (χ1) is 4.35. The first kappa shape index (κ1) is 8.36. The van der Waals surface area contributed by atoms with Crippen LogP contribution in [-0.4, -0.2) is 18.0 Å². The fraction of sp³-hybridized carbons (Fsp3) is 0.750. The van der Waals surface area contributed by atoms with Crippen molar-refractivity contribution in [3.63, 3.8) is 0 Å². The normalized spacial score (nSPS) is 7.89. The quantitative estimate of drug-likeness (QED) is 0.401. The maximum Gasteiger partial charge on any atom is 0.0232 e. The fourth-order valence-electron chi connectivity index (χ4n) is 0.573. The molecule has 0 saturated carbocycles. The summed E-state index contributed by atoms with van der Waals surface area (Å²) in [5.74, 6) is 3.03. The average molecular weight is 125 g/mol. The van der Waals surface area contributed by atoms with Crippen LogP contribution in [0.1, 0.15) is 27.2 Å². The highest BCUT2D eigenvalue weighted by Crippen LogP contribution is 1.81. The molecule has 0 spiro atoms. The Morgan fingerprint density at radius 1 is 1.11 bits per heavy atom. The van der Waals surface area contributed by atoms with Gasteiger partial charge in [-0.05, 0) is 13.8 Å². The van der Waals surface area contributed by atoms with Crippen molar-refractivity contribution in [1.29, 1.82) is 0 Å². The Morgan fingerprint density at radius 2 is 1.67 bits per heavy atom. The largest absolute Gasteiger partial charge is 0.333 e. The van der Waals surface area contributed by atoms with Gasteiger partial charge in [0.25, 0.3) is 0 Å². The molecule has 0 aromatic carbocycles. The summed E-state index contributed by atoms with van der Waals surface area (Å²) in [6, 6.07) is 3.05. The van der Waals surface area contributed by atoms with Gasteiger partial charge in [-0.25, -0.2) is 0 Å². The second kappa shape index (κ2) is 5.50. The summed E-state index contributed by atoms with van der Waals surface area (Å²) in [6.07, 6.45) is 0.955. The van der Waals surface area contributed by atoms with Crippen LogP contribution >= 0.6 is 0 Å². The third-order valence-corrected chi connectivity index (χ3v) is 1.18. The van der Waals surface area contributed by atoms with Crippen LogP contribution < -0.4 is 0 Å². The predicted octanol–water partition coefficient (Wildman–Crippen LogP) is 1.70. The van der Waals surface area contributed by atoms with Crippen molar-refractivity contribution >= 4 is 0 Å². The van der Waals surface area contributed by atoms with Crippen molar-refractivity contribution in [2.75, 3.05) is 13.1 Å². The molecular weight excluding hydrogens is 110 g/mol. The maximum atomic E-state index is 3.05. The molecule has 0 N–H and O–H groups in total. The molecule has 0 aliphatic heterocycles. The highest BCUT2D eigenvalue weighted by molar-refractivity contribution is 4.96. The zero-order chi connectivity index (χ0) is 7.11. The van der Waals surface area contributed by atoms with Crippen LogP contribution in [0.2, 0.25) is 0 Å². The molecule has 0 amide bonds. The summed E-state index contributed by atoms with van der Waals surface area (Å²) in [4.78, 5) is 2.10. The first-order valence-electron chi connectivity index (χ1n) is 3.58. The van der Waals surface area contributed by atoms with Gasteiger partial charge in [0.2, 0.25) is 0 Å². The summed E-state index contributed by atoms with van der Waals surface area (Å²) >= 11 is 0. The molecule has 0 aliphatic rings. The summed E-state index contributed by atoms with van der Waals surface area (Å²) in [5, 5.41) is 0. The molecule has 52 valence electrons. The Bertz CT molecular complexity index is 103. The molecule has 0 radical (unpaired) electrons. The number of hydrogen-bond donors (Lipinski definition) is 0. The monoisotopic (exact) mass is 125 g/mol. The lowest BCUT2D eigenvalue weighted by Crippen LogP contribution is -2.15. The summed E-state index contributed by atoms with van der Waals surface area (Å²) in [6.45, 7) is 8.37. The second-order valence-corrected chi connectivity index (χ2v) is 1.81. The topological polar surface area (TPSA) is 3.24 Å². The molecule has 1 nitrogen and oxygen atoms in total. The van der Waals surface area contributed by atoms with Gasteiger partial charge in [0.15, 0.2) is 0 Å². The standard InChI is InChI=1S/C8H15N/c1-4-7-8-9(5-2)6-3/h4-6H2,1-3H3. The second-order valence-electron chi connectivity index (χ2n) is 1.81. The van der Waals surface area contributed by atoms with Crippen LogP contribution in [0.3, 0.4) is 0 Å². The molecule has 0 heterocycles. The Hall–Kier alpha value is -0.640. The van der Waals surface area contributed by atoms with E-state index in [4.69, 9.17) is 0 Å². The number of nitrogens with zero attached hydrogens (tertiary/aromatic N) is 1. The van der Waals surface area contributed by atoms with Crippen molar-refractivity contribution in [3.05, 3.63) is 0 Å². The van der Waals surface area contributed by atoms with Gasteiger partial charge in [-0.15, -0.1) is 0 Å². The number of hydrogen-bond acceptors (Lipinski definition) is 1. The van der Waals surface area contributed by atoms with Crippen molar-refractivity contribution < 1.29 is 0 Å². The van der Waals surface area contributed by atoms with Crippen LogP contribution in [0.4, 0.5) is 0 Å². The predicted molar refractivity (Wildman–Crippen MR) is 41.0 cm³/mol. The lowest BCUT2D eigenvalue weighted by atomic mass is 10.5. The first-order valence-corrected chi connectivity index (χ1v) is 3.58. The van der Waals surface area contributed by atoms with Crippen molar-refractivity contribution in [1.82, 2.24) is 4.90 Å². The van der Waals surface area contributed by atoms with Gasteiger partial charge in [0.1, 0.15) is 0 Å². The highest BCUT2D eigenvalue weighted by Gasteiger charge is 1.85. The van der Waals surface area contributed by atoms with Crippen molar-refractivity contribution in [3.8, 4) is 12.0 Å². The molecule has 0 aromatic rings. The van der Waals surface area contributed by atoms with E-state index in [1.807, 2.05) is 0 Å². The van der Waals surface area contributed by atoms with E-state index in [9.17, 15) is 0 Å². The van der Waals surface area contributed by atoms with E-state index in [2.05, 4.69) is 37.6 Å². The maximum absolute atomic E-state index is 3.05. The van der Waals surface area contributed by atoms with E-state index < -0.39 is 0 Å². The molecular formula is C8H15N. The van der Waals surface area contributed by atoms with Crippen LogP contribution in [0.25, 0.3) is 0 Å². The Labute approximate surface area is 58.1 Å². The molecule has 0 aromatic heterocycles. The molecule has 0 rings (SSSR count). The summed E-state index contributed by atoms with van der Waals surface area (Å²) in [7, 11) is 0. The van der Waals surface area contributed by atoms with Gasteiger partial charge in [-0.2, -0.15) is 0 Å². The van der Waals surface area contributed by atoms with E-state index in [1.54, 1.807) is 0 Å². The number of rotatable bonds is 2. The lowest BCUT2D eigenvalue weighted by Gasteiger charge is -2.09. The molecule has 1 heteroatoms. The third-order valence-electron chi connectivity index (χ3n) is 1.18. The minimum Gasteiger partial charge on any atom is -0.333 e. The highest BCUT2D eigenvalue weighted by atomic mass is 15.1. The molecule has 9 heavy (non-hydrogen) atoms. The minimum absolute atomic E-state index is 0.955. The minimum atomic E-state index is 0.955. The van der Waals surface area contributed by atoms with Gasteiger partial charge >= 0.3 is 0 Å². The molecule has 0 saturated heterocycles. The van der Waals surface area contributed by atoms with Gasteiger partial charge in [-0.1, -0.05) is 12.8 Å². The smallest absolute Gasteiger partial charge is 0.0232 e. The van der Waals surface area contributed by atoms with Gasteiger partial charge in [0.05, 0.1) is 0 Å². The average Bonchev–Trinajstić information content (AvgIpc) is 1.91. The zero-order valence-corrected chi connectivity index (χ0v) is 6.57. The molecule has 0 unspecified atom stereocenters. The molecule has 0 fully saturated rings. The van der Waals surface area contributed by atoms with E-state index in [0.29, 0.717) is 0 Å².